The van der Waals surface area contributed by atoms with Crippen molar-refractivity contribution in [1.82, 2.24) is 14.8 Å². The van der Waals surface area contributed by atoms with Crippen LogP contribution in [0.25, 0.3) is 22.4 Å². The number of carbonyl (C=O) groups is 1. The Morgan fingerprint density at radius 1 is 1.31 bits per heavy atom. The molecule has 2 N–H and O–H groups in total. The molecule has 3 rings (SSSR count). The SMILES string of the molecule is COC(=O)c1c(-c2ccccc2Cl)c[nH]c1-c1cnn(C[C@H](C)O)c1C(F)(F)F. The number of alkyl halides is 3. The molecule has 0 saturated heterocycles. The predicted octanol–water partition coefficient (Wildman–Crippen LogP) is 4.38. The van der Waals surface area contributed by atoms with E-state index in [1.54, 1.807) is 24.3 Å². The van der Waals surface area contributed by atoms with E-state index in [1.165, 1.54) is 13.1 Å². The van der Waals surface area contributed by atoms with Crippen molar-refractivity contribution in [3.05, 3.63) is 52.9 Å². The van der Waals surface area contributed by atoms with Crippen LogP contribution in [-0.4, -0.2) is 39.1 Å². The average Bonchev–Trinajstić information content (AvgIpc) is 3.24. The fraction of sp³-hybridized carbons (Fsp3) is 0.263. The van der Waals surface area contributed by atoms with Gasteiger partial charge in [0.2, 0.25) is 0 Å². The number of hydrogen-bond acceptors (Lipinski definition) is 4. The molecule has 1 aromatic carbocycles. The number of aromatic amines is 1. The van der Waals surface area contributed by atoms with Crippen LogP contribution in [0.2, 0.25) is 5.02 Å². The number of ether oxygens (including phenoxy) is 1. The number of esters is 1. The summed E-state index contributed by atoms with van der Waals surface area (Å²) in [4.78, 5) is 15.2. The third kappa shape index (κ3) is 4.01. The summed E-state index contributed by atoms with van der Waals surface area (Å²) in [7, 11) is 1.14. The summed E-state index contributed by atoms with van der Waals surface area (Å²) in [6.07, 6.45) is -3.43. The Hall–Kier alpha value is -2.78. The van der Waals surface area contributed by atoms with Gasteiger partial charge in [-0.1, -0.05) is 29.8 Å². The second-order valence-corrected chi connectivity index (χ2v) is 6.77. The first-order chi connectivity index (χ1) is 13.6. The largest absolute Gasteiger partial charge is 0.465 e. The fourth-order valence-corrected chi connectivity index (χ4v) is 3.34. The highest BCUT2D eigenvalue weighted by Crippen LogP contribution is 2.41. The summed E-state index contributed by atoms with van der Waals surface area (Å²) in [6, 6.07) is 6.63. The van der Waals surface area contributed by atoms with Crippen molar-refractivity contribution in [3.8, 4) is 22.4 Å². The van der Waals surface area contributed by atoms with Crippen LogP contribution in [0.5, 0.6) is 0 Å². The quantitative estimate of drug-likeness (QED) is 0.592. The van der Waals surface area contributed by atoms with E-state index in [1.807, 2.05) is 0 Å². The zero-order chi connectivity index (χ0) is 21.3. The summed E-state index contributed by atoms with van der Waals surface area (Å²) in [5, 5.41) is 13.6. The molecule has 29 heavy (non-hydrogen) atoms. The van der Waals surface area contributed by atoms with Crippen LogP contribution in [0, 0.1) is 0 Å². The maximum absolute atomic E-state index is 13.8. The molecule has 0 fully saturated rings. The number of carbonyl (C=O) groups excluding carboxylic acids is 1. The first kappa shape index (κ1) is 20.9. The summed E-state index contributed by atoms with van der Waals surface area (Å²) < 4.78 is 46.8. The van der Waals surface area contributed by atoms with Gasteiger partial charge >= 0.3 is 12.1 Å². The molecule has 0 bridgehead atoms. The van der Waals surface area contributed by atoms with E-state index in [0.29, 0.717) is 20.8 Å². The number of nitrogens with zero attached hydrogens (tertiary/aromatic N) is 2. The molecule has 10 heteroatoms. The molecule has 0 aliphatic carbocycles. The molecule has 0 aliphatic heterocycles. The van der Waals surface area contributed by atoms with E-state index in [0.717, 1.165) is 13.3 Å². The van der Waals surface area contributed by atoms with Gasteiger partial charge < -0.3 is 14.8 Å². The van der Waals surface area contributed by atoms with Crippen LogP contribution in [0.1, 0.15) is 23.0 Å². The van der Waals surface area contributed by atoms with Crippen molar-refractivity contribution in [2.45, 2.75) is 25.7 Å². The Labute approximate surface area is 168 Å². The Morgan fingerprint density at radius 2 is 2.00 bits per heavy atom. The highest BCUT2D eigenvalue weighted by Gasteiger charge is 2.40. The fourth-order valence-electron chi connectivity index (χ4n) is 3.10. The molecular weight excluding hydrogens is 411 g/mol. The number of rotatable bonds is 5. The van der Waals surface area contributed by atoms with Crippen LogP contribution >= 0.6 is 11.6 Å². The first-order valence-corrected chi connectivity index (χ1v) is 8.89. The smallest absolute Gasteiger partial charge is 0.433 e. The lowest BCUT2D eigenvalue weighted by Gasteiger charge is -2.14. The van der Waals surface area contributed by atoms with Crippen molar-refractivity contribution < 1.29 is 27.8 Å². The molecule has 6 nitrogen and oxygen atoms in total. The van der Waals surface area contributed by atoms with Gasteiger partial charge in [-0.3, -0.25) is 4.68 Å². The molecule has 1 atom stereocenters. The molecule has 0 aliphatic rings. The molecular formula is C19H17ClF3N3O3. The zero-order valence-electron chi connectivity index (χ0n) is 15.4. The van der Waals surface area contributed by atoms with Gasteiger partial charge in [-0.05, 0) is 13.0 Å². The second-order valence-electron chi connectivity index (χ2n) is 6.36. The lowest BCUT2D eigenvalue weighted by molar-refractivity contribution is -0.144. The average molecular weight is 428 g/mol. The number of methoxy groups -OCH3 is 1. The molecule has 154 valence electrons. The molecule has 3 aromatic rings. The molecule has 0 amide bonds. The molecule has 2 heterocycles. The van der Waals surface area contributed by atoms with Crippen molar-refractivity contribution in [3.63, 3.8) is 0 Å². The van der Waals surface area contributed by atoms with Crippen molar-refractivity contribution in [2.24, 2.45) is 0 Å². The van der Waals surface area contributed by atoms with Crippen LogP contribution in [0.3, 0.4) is 0 Å². The van der Waals surface area contributed by atoms with Crippen molar-refractivity contribution in [1.29, 1.82) is 0 Å². The molecule has 2 aromatic heterocycles. The highest BCUT2D eigenvalue weighted by atomic mass is 35.5. The number of hydrogen-bond donors (Lipinski definition) is 2. The van der Waals surface area contributed by atoms with Gasteiger partial charge in [0.15, 0.2) is 5.69 Å². The van der Waals surface area contributed by atoms with Crippen molar-refractivity contribution >= 4 is 17.6 Å². The van der Waals surface area contributed by atoms with E-state index in [-0.39, 0.29) is 23.4 Å². The molecule has 0 unspecified atom stereocenters. The van der Waals surface area contributed by atoms with Crippen LogP contribution < -0.4 is 0 Å². The van der Waals surface area contributed by atoms with Gasteiger partial charge in [0.05, 0.1) is 37.2 Å². The number of aliphatic hydroxyl groups is 1. The molecule has 0 spiro atoms. The number of benzene rings is 1. The van der Waals surface area contributed by atoms with Crippen LogP contribution in [0.15, 0.2) is 36.7 Å². The lowest BCUT2D eigenvalue weighted by Crippen LogP contribution is -2.21. The van der Waals surface area contributed by atoms with Gasteiger partial charge in [-0.25, -0.2) is 4.79 Å². The standard InChI is InChI=1S/C19H17ClF3N3O3/c1-10(27)9-26-17(19(21,22)23)13(8-25-26)16-15(18(28)29-2)12(7-24-16)11-5-3-4-6-14(11)20/h3-8,10,24,27H,9H2,1-2H3/t10-/m0/s1. The van der Waals surface area contributed by atoms with Gasteiger partial charge in [0.1, 0.15) is 0 Å². The normalized spacial score (nSPS) is 12.8. The minimum absolute atomic E-state index is 0.0947. The van der Waals surface area contributed by atoms with E-state index < -0.39 is 23.9 Å². The van der Waals surface area contributed by atoms with Crippen molar-refractivity contribution in [2.75, 3.05) is 7.11 Å². The number of aliphatic hydroxyl groups excluding tert-OH is 1. The van der Waals surface area contributed by atoms with E-state index in [9.17, 15) is 23.1 Å². The first-order valence-electron chi connectivity index (χ1n) is 8.51. The maximum atomic E-state index is 13.8. The van der Waals surface area contributed by atoms with Crippen LogP contribution in [0.4, 0.5) is 13.2 Å². The minimum Gasteiger partial charge on any atom is -0.465 e. The molecule has 0 radical (unpaired) electrons. The van der Waals surface area contributed by atoms with Crippen LogP contribution in [-0.2, 0) is 17.5 Å². The third-order valence-electron chi connectivity index (χ3n) is 4.25. The summed E-state index contributed by atoms with van der Waals surface area (Å²) in [5.74, 6) is -0.826. The third-order valence-corrected chi connectivity index (χ3v) is 4.58. The number of H-pyrrole nitrogens is 1. The minimum atomic E-state index is -4.77. The topological polar surface area (TPSA) is 80.1 Å². The maximum Gasteiger partial charge on any atom is 0.433 e. The lowest BCUT2D eigenvalue weighted by atomic mass is 10.00. The Morgan fingerprint density at radius 3 is 2.59 bits per heavy atom. The highest BCUT2D eigenvalue weighted by molar-refractivity contribution is 6.33. The molecule has 0 saturated carbocycles. The number of nitrogens with one attached hydrogen (secondary N) is 1. The Kier molecular flexibility index (Phi) is 5.72. The summed E-state index contributed by atoms with van der Waals surface area (Å²) >= 11 is 6.21. The number of halogens is 4. The monoisotopic (exact) mass is 427 g/mol. The van der Waals surface area contributed by atoms with E-state index in [4.69, 9.17) is 16.3 Å². The Bertz CT molecular complexity index is 1040. The number of aromatic nitrogens is 3. The second kappa shape index (κ2) is 7.92. The van der Waals surface area contributed by atoms with Gasteiger partial charge in [-0.2, -0.15) is 18.3 Å². The van der Waals surface area contributed by atoms with E-state index >= 15 is 0 Å². The summed E-state index contributed by atoms with van der Waals surface area (Å²) in [6.45, 7) is 0.992. The van der Waals surface area contributed by atoms with Gasteiger partial charge in [0.25, 0.3) is 0 Å². The summed E-state index contributed by atoms with van der Waals surface area (Å²) in [5.41, 5.74) is -0.859. The van der Waals surface area contributed by atoms with Gasteiger partial charge in [-0.15, -0.1) is 0 Å². The predicted molar refractivity (Wildman–Crippen MR) is 100 cm³/mol. The van der Waals surface area contributed by atoms with Gasteiger partial charge in [0, 0.05) is 27.9 Å². The Balaban J connectivity index is 2.27. The zero-order valence-corrected chi connectivity index (χ0v) is 16.2. The van der Waals surface area contributed by atoms with E-state index in [2.05, 4.69) is 10.1 Å².